The quantitative estimate of drug-likeness (QED) is 0.584. The highest BCUT2D eigenvalue weighted by Crippen LogP contribution is 2.36. The molecule has 4 nitrogen and oxygen atoms in total. The maximum absolute atomic E-state index is 13.6. The molecule has 30 heavy (non-hydrogen) atoms. The number of carbonyl (C=O) groups excluding carboxylic acids is 2. The van der Waals surface area contributed by atoms with Gasteiger partial charge in [0.15, 0.2) is 11.6 Å². The molecule has 3 aromatic rings. The molecular formula is C22H12ClF3N2O2. The number of nitrogens with one attached hydrogen (secondary N) is 1. The van der Waals surface area contributed by atoms with E-state index in [0.29, 0.717) is 0 Å². The van der Waals surface area contributed by atoms with E-state index in [9.17, 15) is 22.8 Å². The minimum atomic E-state index is -1.12. The first-order chi connectivity index (χ1) is 14.4. The minimum Gasteiger partial charge on any atom is -0.350 e. The van der Waals surface area contributed by atoms with Crippen molar-refractivity contribution in [1.29, 1.82) is 0 Å². The molecule has 0 radical (unpaired) electrons. The van der Waals surface area contributed by atoms with E-state index in [1.54, 1.807) is 12.1 Å². The minimum absolute atomic E-state index is 0.0512. The number of imide groups is 1. The fourth-order valence-electron chi connectivity index (χ4n) is 3.10. The van der Waals surface area contributed by atoms with Crippen molar-refractivity contribution in [1.82, 2.24) is 0 Å². The summed E-state index contributed by atoms with van der Waals surface area (Å²) in [7, 11) is 0. The highest BCUT2D eigenvalue weighted by molar-refractivity contribution is 6.48. The molecule has 2 amide bonds. The Bertz CT molecular complexity index is 1210. The van der Waals surface area contributed by atoms with Crippen molar-refractivity contribution in [2.75, 3.05) is 10.2 Å². The van der Waals surface area contributed by atoms with Crippen LogP contribution in [0.3, 0.4) is 0 Å². The van der Waals surface area contributed by atoms with Crippen molar-refractivity contribution in [3.8, 4) is 0 Å². The molecule has 0 bridgehead atoms. The predicted octanol–water partition coefficient (Wildman–Crippen LogP) is 5.15. The first kappa shape index (κ1) is 19.7. The fraction of sp³-hybridized carbons (Fsp3) is 0. The Morgan fingerprint density at radius 1 is 0.800 bits per heavy atom. The SMILES string of the molecule is O=C1C(Nc2ccc(F)c(F)c2)=C(c2ccc(F)cc2)C(=O)N1c1ccccc1Cl. The summed E-state index contributed by atoms with van der Waals surface area (Å²) in [6.07, 6.45) is 0. The van der Waals surface area contributed by atoms with Gasteiger partial charge in [-0.25, -0.2) is 18.1 Å². The molecule has 0 unspecified atom stereocenters. The first-order valence-corrected chi connectivity index (χ1v) is 9.10. The molecule has 1 heterocycles. The molecule has 1 N–H and O–H groups in total. The second-order valence-electron chi connectivity index (χ2n) is 6.41. The third kappa shape index (κ3) is 3.44. The molecule has 0 aliphatic carbocycles. The van der Waals surface area contributed by atoms with Crippen molar-refractivity contribution in [3.63, 3.8) is 0 Å². The zero-order valence-electron chi connectivity index (χ0n) is 15.1. The van der Waals surface area contributed by atoms with Gasteiger partial charge in [0.1, 0.15) is 11.5 Å². The second-order valence-corrected chi connectivity index (χ2v) is 6.82. The molecule has 4 rings (SSSR count). The molecule has 8 heteroatoms. The molecule has 1 aliphatic rings. The van der Waals surface area contributed by atoms with Crippen LogP contribution in [0.15, 0.2) is 72.4 Å². The normalized spacial score (nSPS) is 13.9. The Kier molecular flexibility index (Phi) is 5.05. The van der Waals surface area contributed by atoms with Gasteiger partial charge in [0.2, 0.25) is 0 Å². The predicted molar refractivity (Wildman–Crippen MR) is 107 cm³/mol. The van der Waals surface area contributed by atoms with Crippen LogP contribution in [0.4, 0.5) is 24.5 Å². The fourth-order valence-corrected chi connectivity index (χ4v) is 3.32. The molecule has 0 saturated carbocycles. The third-order valence-electron chi connectivity index (χ3n) is 4.50. The van der Waals surface area contributed by atoms with Gasteiger partial charge in [0.25, 0.3) is 11.8 Å². The Hall–Kier alpha value is -3.58. The number of hydrogen-bond acceptors (Lipinski definition) is 3. The summed E-state index contributed by atoms with van der Waals surface area (Å²) in [5.74, 6) is -4.13. The van der Waals surface area contributed by atoms with Crippen LogP contribution in [-0.2, 0) is 9.59 Å². The lowest BCUT2D eigenvalue weighted by molar-refractivity contribution is -0.120. The molecule has 0 aromatic heterocycles. The average molecular weight is 429 g/mol. The van der Waals surface area contributed by atoms with Crippen molar-refractivity contribution in [3.05, 3.63) is 100 Å². The largest absolute Gasteiger partial charge is 0.350 e. The number of benzene rings is 3. The lowest BCUT2D eigenvalue weighted by atomic mass is 10.0. The summed E-state index contributed by atoms with van der Waals surface area (Å²) in [5.41, 5.74) is 0.276. The summed E-state index contributed by atoms with van der Waals surface area (Å²) in [4.78, 5) is 27.2. The van der Waals surface area contributed by atoms with E-state index in [2.05, 4.69) is 5.32 Å². The van der Waals surface area contributed by atoms with E-state index in [1.165, 1.54) is 30.3 Å². The van der Waals surface area contributed by atoms with Gasteiger partial charge in [0, 0.05) is 11.8 Å². The summed E-state index contributed by atoms with van der Waals surface area (Å²) >= 11 is 6.17. The maximum Gasteiger partial charge on any atom is 0.282 e. The Morgan fingerprint density at radius 3 is 2.17 bits per heavy atom. The van der Waals surface area contributed by atoms with E-state index in [4.69, 9.17) is 11.6 Å². The van der Waals surface area contributed by atoms with Crippen LogP contribution in [0.25, 0.3) is 5.57 Å². The molecule has 3 aromatic carbocycles. The lowest BCUT2D eigenvalue weighted by Gasteiger charge is -2.16. The van der Waals surface area contributed by atoms with Crippen LogP contribution in [0.2, 0.25) is 5.02 Å². The number of carbonyl (C=O) groups is 2. The summed E-state index contributed by atoms with van der Waals surface area (Å²) < 4.78 is 40.3. The number of amides is 2. The molecule has 150 valence electrons. The number of anilines is 2. The zero-order chi connectivity index (χ0) is 21.4. The molecule has 0 saturated heterocycles. The number of para-hydroxylation sites is 1. The summed E-state index contributed by atoms with van der Waals surface area (Å²) in [6, 6.07) is 14.2. The van der Waals surface area contributed by atoms with Gasteiger partial charge < -0.3 is 5.32 Å². The second kappa shape index (κ2) is 7.68. The van der Waals surface area contributed by atoms with Gasteiger partial charge in [-0.3, -0.25) is 9.59 Å². The lowest BCUT2D eigenvalue weighted by Crippen LogP contribution is -2.32. The number of rotatable bonds is 4. The van der Waals surface area contributed by atoms with Crippen LogP contribution >= 0.6 is 11.6 Å². The Balaban J connectivity index is 1.84. The standard InChI is InChI=1S/C22H12ClF3N2O2/c23-15-3-1-2-4-18(15)28-21(29)19(12-5-7-13(24)8-6-12)20(22(28)30)27-14-9-10-16(25)17(26)11-14/h1-11,27H. The number of hydrogen-bond donors (Lipinski definition) is 1. The van der Waals surface area contributed by atoms with Gasteiger partial charge in [-0.05, 0) is 42.0 Å². The van der Waals surface area contributed by atoms with Crippen molar-refractivity contribution in [2.45, 2.75) is 0 Å². The molecule has 0 fully saturated rings. The molecular weight excluding hydrogens is 417 g/mol. The van der Waals surface area contributed by atoms with E-state index in [0.717, 1.165) is 29.2 Å². The van der Waals surface area contributed by atoms with Crippen molar-refractivity contribution < 1.29 is 22.8 Å². The topological polar surface area (TPSA) is 49.4 Å². The summed E-state index contributed by atoms with van der Waals surface area (Å²) in [5, 5.41) is 2.87. The molecule has 1 aliphatic heterocycles. The van der Waals surface area contributed by atoms with E-state index in [-0.39, 0.29) is 33.2 Å². The Morgan fingerprint density at radius 2 is 1.50 bits per heavy atom. The summed E-state index contributed by atoms with van der Waals surface area (Å²) in [6.45, 7) is 0. The van der Waals surface area contributed by atoms with Crippen molar-refractivity contribution >= 4 is 40.4 Å². The van der Waals surface area contributed by atoms with E-state index < -0.39 is 29.3 Å². The molecule has 0 atom stereocenters. The van der Waals surface area contributed by atoms with Crippen LogP contribution < -0.4 is 10.2 Å². The van der Waals surface area contributed by atoms with Crippen LogP contribution in [-0.4, -0.2) is 11.8 Å². The van der Waals surface area contributed by atoms with Gasteiger partial charge in [0.05, 0.1) is 16.3 Å². The van der Waals surface area contributed by atoms with Crippen LogP contribution in [0.1, 0.15) is 5.56 Å². The first-order valence-electron chi connectivity index (χ1n) is 8.72. The molecule has 0 spiro atoms. The van der Waals surface area contributed by atoms with E-state index in [1.807, 2.05) is 0 Å². The van der Waals surface area contributed by atoms with Gasteiger partial charge in [-0.1, -0.05) is 35.9 Å². The number of halogens is 4. The highest BCUT2D eigenvalue weighted by atomic mass is 35.5. The van der Waals surface area contributed by atoms with Crippen LogP contribution in [0.5, 0.6) is 0 Å². The maximum atomic E-state index is 13.6. The third-order valence-corrected chi connectivity index (χ3v) is 4.82. The smallest absolute Gasteiger partial charge is 0.282 e. The van der Waals surface area contributed by atoms with Gasteiger partial charge >= 0.3 is 0 Å². The number of nitrogens with zero attached hydrogens (tertiary/aromatic N) is 1. The zero-order valence-corrected chi connectivity index (χ0v) is 15.9. The average Bonchev–Trinajstić information content (AvgIpc) is 2.96. The highest BCUT2D eigenvalue weighted by Gasteiger charge is 2.41. The van der Waals surface area contributed by atoms with E-state index >= 15 is 0 Å². The van der Waals surface area contributed by atoms with Crippen LogP contribution in [0, 0.1) is 17.5 Å². The van der Waals surface area contributed by atoms with Crippen molar-refractivity contribution in [2.24, 2.45) is 0 Å². The Labute approximate surface area is 174 Å². The van der Waals surface area contributed by atoms with Gasteiger partial charge in [-0.15, -0.1) is 0 Å². The monoisotopic (exact) mass is 428 g/mol. The van der Waals surface area contributed by atoms with Gasteiger partial charge in [-0.2, -0.15) is 0 Å².